The van der Waals surface area contributed by atoms with Gasteiger partial charge in [0.1, 0.15) is 0 Å². The molecule has 0 saturated heterocycles. The molecule has 1 aromatic heterocycles. The molecule has 8 heteroatoms. The number of anilines is 1. The van der Waals surface area contributed by atoms with Crippen molar-refractivity contribution in [3.05, 3.63) is 47.7 Å². The summed E-state index contributed by atoms with van der Waals surface area (Å²) >= 11 is 0. The molecule has 3 saturated carbocycles. The Morgan fingerprint density at radius 3 is 2.53 bits per heavy atom. The predicted octanol–water partition coefficient (Wildman–Crippen LogP) is 3.42. The number of aliphatic hydroxyl groups excluding tert-OH is 1. The Morgan fingerprint density at radius 1 is 1.16 bits per heavy atom. The van der Waals surface area contributed by atoms with Crippen LogP contribution in [-0.4, -0.2) is 40.6 Å². The molecule has 170 valence electrons. The fraction of sp³-hybridized carbons (Fsp3) is 0.500. The number of allylic oxidation sites excluding steroid dienone is 1. The van der Waals surface area contributed by atoms with Gasteiger partial charge in [0, 0.05) is 24.9 Å². The first kappa shape index (κ1) is 21.4. The Balaban J connectivity index is 1.52. The molecule has 3 aliphatic carbocycles. The van der Waals surface area contributed by atoms with E-state index in [-0.39, 0.29) is 29.1 Å². The molecule has 3 fully saturated rings. The van der Waals surface area contributed by atoms with Gasteiger partial charge < -0.3 is 10.4 Å². The monoisotopic (exact) mass is 455 g/mol. The molecule has 7 nitrogen and oxygen atoms in total. The van der Waals surface area contributed by atoms with Crippen LogP contribution in [0.25, 0.3) is 5.57 Å². The number of sulfone groups is 1. The number of aromatic nitrogens is 2. The second kappa shape index (κ2) is 8.15. The van der Waals surface area contributed by atoms with Crippen molar-refractivity contribution in [2.45, 2.75) is 67.1 Å². The molecule has 0 bridgehead atoms. The molecule has 1 heterocycles. The molecule has 2 aromatic rings. The zero-order valence-corrected chi connectivity index (χ0v) is 19.0. The highest BCUT2D eigenvalue weighted by atomic mass is 32.2. The first-order chi connectivity index (χ1) is 15.3. The highest BCUT2D eigenvalue weighted by molar-refractivity contribution is 7.92. The smallest absolute Gasteiger partial charge is 0.257 e. The van der Waals surface area contributed by atoms with Crippen molar-refractivity contribution in [3.63, 3.8) is 0 Å². The normalized spacial score (nSPS) is 24.0. The van der Waals surface area contributed by atoms with Crippen molar-refractivity contribution in [1.82, 2.24) is 9.78 Å². The summed E-state index contributed by atoms with van der Waals surface area (Å²) in [4.78, 5) is 13.7. The summed E-state index contributed by atoms with van der Waals surface area (Å²) < 4.78 is 27.6. The largest absolute Gasteiger partial charge is 0.393 e. The van der Waals surface area contributed by atoms with E-state index < -0.39 is 9.84 Å². The summed E-state index contributed by atoms with van der Waals surface area (Å²) in [7, 11) is -1.52. The van der Waals surface area contributed by atoms with Crippen LogP contribution in [0, 0.1) is 5.92 Å². The number of carbonyl (C=O) groups excluding carboxylic acids is 1. The lowest BCUT2D eigenvalue weighted by Gasteiger charge is -2.15. The quantitative estimate of drug-likeness (QED) is 0.623. The third-order valence-electron chi connectivity index (χ3n) is 6.66. The average molecular weight is 456 g/mol. The molecule has 2 atom stereocenters. The van der Waals surface area contributed by atoms with Crippen molar-refractivity contribution in [1.29, 1.82) is 0 Å². The average Bonchev–Trinajstić information content (AvgIpc) is 3.68. The molecule has 1 amide bonds. The minimum Gasteiger partial charge on any atom is -0.393 e. The Hall–Kier alpha value is -2.45. The lowest BCUT2D eigenvalue weighted by molar-refractivity contribution is -0.111. The Kier molecular flexibility index (Phi) is 5.45. The van der Waals surface area contributed by atoms with Gasteiger partial charge in [-0.25, -0.2) is 8.42 Å². The highest BCUT2D eigenvalue weighted by Gasteiger charge is 2.40. The number of carbonyl (C=O) groups is 1. The van der Waals surface area contributed by atoms with Crippen molar-refractivity contribution in [3.8, 4) is 0 Å². The lowest BCUT2D eigenvalue weighted by Crippen LogP contribution is -2.16. The minimum atomic E-state index is -3.31. The molecular formula is C24H29N3O4S. The second-order valence-electron chi connectivity index (χ2n) is 9.41. The van der Waals surface area contributed by atoms with Crippen LogP contribution in [0.2, 0.25) is 0 Å². The number of benzene rings is 1. The number of nitrogens with one attached hydrogen (secondary N) is 1. The first-order valence-electron chi connectivity index (χ1n) is 11.4. The standard InChI is InChI=1S/C24H29N3O4S/c1-27-11-10-23(26-27)25-24(29)21(13-15-2-6-18(28)12-15)17-5-9-22(20(14-17)16-3-4-16)32(30,31)19-7-8-19/h5,9-11,13-16,18-19,28H,2-4,6-8,12H2,1H3,(H,25,26,29)/t15-,18+/m0/s1. The summed E-state index contributed by atoms with van der Waals surface area (Å²) in [6, 6.07) is 7.09. The van der Waals surface area contributed by atoms with Gasteiger partial charge >= 0.3 is 0 Å². The summed E-state index contributed by atoms with van der Waals surface area (Å²) in [5, 5.41) is 16.8. The summed E-state index contributed by atoms with van der Waals surface area (Å²) in [5.41, 5.74) is 2.07. The molecule has 0 aliphatic heterocycles. The Labute approximate surface area is 188 Å². The number of aliphatic hydroxyl groups is 1. The fourth-order valence-corrected chi connectivity index (χ4v) is 6.52. The molecule has 3 aliphatic rings. The van der Waals surface area contributed by atoms with Crippen LogP contribution in [-0.2, 0) is 21.7 Å². The lowest BCUT2D eigenvalue weighted by atomic mass is 9.95. The van der Waals surface area contributed by atoms with E-state index in [0.29, 0.717) is 22.7 Å². The van der Waals surface area contributed by atoms with Crippen LogP contribution in [0.3, 0.4) is 0 Å². The van der Waals surface area contributed by atoms with Crippen LogP contribution >= 0.6 is 0 Å². The van der Waals surface area contributed by atoms with E-state index >= 15 is 0 Å². The molecule has 0 unspecified atom stereocenters. The van der Waals surface area contributed by atoms with Crippen molar-refractivity contribution >= 4 is 27.1 Å². The van der Waals surface area contributed by atoms with Gasteiger partial charge in [-0.05, 0) is 80.0 Å². The SMILES string of the molecule is Cn1ccc(NC(=O)C(=C[C@H]2CC[C@@H](O)C2)c2ccc(S(=O)(=O)C3CC3)c(C3CC3)c2)n1. The van der Waals surface area contributed by atoms with Crippen LogP contribution in [0.4, 0.5) is 5.82 Å². The Morgan fingerprint density at radius 2 is 1.94 bits per heavy atom. The van der Waals surface area contributed by atoms with E-state index in [1.165, 1.54) is 0 Å². The van der Waals surface area contributed by atoms with E-state index in [1.807, 2.05) is 12.1 Å². The van der Waals surface area contributed by atoms with Crippen molar-refractivity contribution in [2.75, 3.05) is 5.32 Å². The minimum absolute atomic E-state index is 0.105. The van der Waals surface area contributed by atoms with Crippen LogP contribution in [0.1, 0.15) is 62.0 Å². The van der Waals surface area contributed by atoms with E-state index in [9.17, 15) is 18.3 Å². The maximum atomic E-state index is 13.3. The molecule has 0 spiro atoms. The van der Waals surface area contributed by atoms with Gasteiger partial charge in [0.2, 0.25) is 0 Å². The number of hydrogen-bond donors (Lipinski definition) is 2. The number of nitrogens with zero attached hydrogens (tertiary/aromatic N) is 2. The van der Waals surface area contributed by atoms with Gasteiger partial charge in [-0.3, -0.25) is 9.48 Å². The van der Waals surface area contributed by atoms with E-state index in [4.69, 9.17) is 0 Å². The fourth-order valence-electron chi connectivity index (χ4n) is 4.59. The van der Waals surface area contributed by atoms with Gasteiger partial charge in [0.25, 0.3) is 5.91 Å². The molecule has 5 rings (SSSR count). The van der Waals surface area contributed by atoms with Crippen molar-refractivity contribution < 1.29 is 18.3 Å². The third-order valence-corrected chi connectivity index (χ3v) is 8.99. The molecule has 1 aromatic carbocycles. The van der Waals surface area contributed by atoms with Crippen molar-refractivity contribution in [2.24, 2.45) is 13.0 Å². The topological polar surface area (TPSA) is 101 Å². The summed E-state index contributed by atoms with van der Waals surface area (Å²) in [5.74, 6) is 0.537. The van der Waals surface area contributed by atoms with E-state index in [2.05, 4.69) is 10.4 Å². The number of amides is 1. The molecule has 0 radical (unpaired) electrons. The predicted molar refractivity (Wildman–Crippen MR) is 122 cm³/mol. The van der Waals surface area contributed by atoms with Gasteiger partial charge in [0.05, 0.1) is 16.2 Å². The van der Waals surface area contributed by atoms with Gasteiger partial charge in [-0.2, -0.15) is 5.10 Å². The number of rotatable bonds is 7. The van der Waals surface area contributed by atoms with Crippen LogP contribution in [0.15, 0.2) is 41.4 Å². The second-order valence-corrected chi connectivity index (χ2v) is 11.6. The summed E-state index contributed by atoms with van der Waals surface area (Å²) in [6.45, 7) is 0. The van der Waals surface area contributed by atoms with Crippen LogP contribution < -0.4 is 5.32 Å². The maximum absolute atomic E-state index is 13.3. The maximum Gasteiger partial charge on any atom is 0.257 e. The molecule has 2 N–H and O–H groups in total. The highest BCUT2D eigenvalue weighted by Crippen LogP contribution is 2.46. The number of aryl methyl sites for hydroxylation is 1. The van der Waals surface area contributed by atoms with E-state index in [0.717, 1.165) is 49.7 Å². The Bertz CT molecular complexity index is 1180. The van der Waals surface area contributed by atoms with Gasteiger partial charge in [0.15, 0.2) is 15.7 Å². The van der Waals surface area contributed by atoms with Gasteiger partial charge in [-0.15, -0.1) is 0 Å². The number of hydrogen-bond acceptors (Lipinski definition) is 5. The van der Waals surface area contributed by atoms with E-state index in [1.54, 1.807) is 36.1 Å². The molecule has 32 heavy (non-hydrogen) atoms. The zero-order valence-electron chi connectivity index (χ0n) is 18.2. The van der Waals surface area contributed by atoms with Crippen LogP contribution in [0.5, 0.6) is 0 Å². The summed E-state index contributed by atoms with van der Waals surface area (Å²) in [6.07, 6.45) is 8.95. The van der Waals surface area contributed by atoms with Gasteiger partial charge in [-0.1, -0.05) is 12.1 Å². The molecular weight excluding hydrogens is 426 g/mol. The third kappa shape index (κ3) is 4.38. The first-order valence-corrected chi connectivity index (χ1v) is 12.9. The zero-order chi connectivity index (χ0) is 22.5.